The van der Waals surface area contributed by atoms with Crippen LogP contribution in [0, 0.1) is 13.8 Å². The van der Waals surface area contributed by atoms with E-state index in [4.69, 9.17) is 9.15 Å². The van der Waals surface area contributed by atoms with Gasteiger partial charge in [0.2, 0.25) is 0 Å². The van der Waals surface area contributed by atoms with Crippen molar-refractivity contribution in [3.63, 3.8) is 0 Å². The minimum Gasteiger partial charge on any atom is -0.483 e. The van der Waals surface area contributed by atoms with E-state index in [0.29, 0.717) is 17.4 Å². The van der Waals surface area contributed by atoms with Crippen molar-refractivity contribution < 1.29 is 13.9 Å². The van der Waals surface area contributed by atoms with Crippen LogP contribution in [0.15, 0.2) is 38.3 Å². The molecule has 1 aromatic carbocycles. The van der Waals surface area contributed by atoms with Crippen molar-refractivity contribution in [1.29, 1.82) is 0 Å². The van der Waals surface area contributed by atoms with Crippen LogP contribution in [0.3, 0.4) is 0 Å². The summed E-state index contributed by atoms with van der Waals surface area (Å²) in [5.41, 5.74) is 4.53. The highest BCUT2D eigenvalue weighted by Gasteiger charge is 2.12. The van der Waals surface area contributed by atoms with Gasteiger partial charge in [-0.25, -0.2) is 5.43 Å². The fourth-order valence-corrected chi connectivity index (χ4v) is 2.47. The number of benzene rings is 1. The zero-order chi connectivity index (χ0) is 17.7. The predicted octanol–water partition coefficient (Wildman–Crippen LogP) is 4.31. The Morgan fingerprint density at radius 3 is 2.75 bits per heavy atom. The molecule has 0 unspecified atom stereocenters. The molecule has 0 saturated heterocycles. The molecule has 0 aliphatic rings. The second-order valence-corrected chi connectivity index (χ2v) is 6.68. The zero-order valence-electron chi connectivity index (χ0n) is 14.2. The molecule has 5 nitrogen and oxygen atoms in total. The Bertz CT molecular complexity index is 751. The minimum absolute atomic E-state index is 0.102. The first-order valence-electron chi connectivity index (χ1n) is 7.68. The average molecular weight is 393 g/mol. The van der Waals surface area contributed by atoms with Crippen LogP contribution in [0.25, 0.3) is 0 Å². The normalized spacial score (nSPS) is 11.2. The molecule has 1 aromatic heterocycles. The third-order valence-electron chi connectivity index (χ3n) is 3.41. The molecule has 1 N–H and O–H groups in total. The highest BCUT2D eigenvalue weighted by Crippen LogP contribution is 2.32. The van der Waals surface area contributed by atoms with Gasteiger partial charge in [0.05, 0.1) is 6.21 Å². The van der Waals surface area contributed by atoms with Gasteiger partial charge in [-0.2, -0.15) is 5.10 Å². The molecule has 2 aromatic rings. The molecule has 0 bridgehead atoms. The van der Waals surface area contributed by atoms with Gasteiger partial charge in [-0.3, -0.25) is 4.79 Å². The number of halogens is 1. The Kier molecular flexibility index (Phi) is 6.20. The maximum Gasteiger partial charge on any atom is 0.277 e. The summed E-state index contributed by atoms with van der Waals surface area (Å²) in [6.07, 6.45) is 1.45. The Labute approximate surface area is 150 Å². The van der Waals surface area contributed by atoms with Crippen LogP contribution in [0.5, 0.6) is 5.75 Å². The van der Waals surface area contributed by atoms with E-state index in [2.05, 4.69) is 40.3 Å². The van der Waals surface area contributed by atoms with Crippen molar-refractivity contribution in [2.75, 3.05) is 6.61 Å². The molecule has 0 saturated carbocycles. The number of carbonyl (C=O) groups excluding carboxylic acids is 1. The number of rotatable bonds is 6. The third-order valence-corrected chi connectivity index (χ3v) is 4.27. The van der Waals surface area contributed by atoms with Crippen LogP contribution in [0.2, 0.25) is 0 Å². The average Bonchev–Trinajstić information content (AvgIpc) is 2.93. The number of hydrazone groups is 1. The second kappa shape index (κ2) is 8.15. The van der Waals surface area contributed by atoms with Crippen LogP contribution < -0.4 is 10.2 Å². The van der Waals surface area contributed by atoms with E-state index in [-0.39, 0.29) is 12.5 Å². The number of furan rings is 1. The van der Waals surface area contributed by atoms with Gasteiger partial charge in [-0.1, -0.05) is 29.8 Å². The largest absolute Gasteiger partial charge is 0.483 e. The number of aryl methyl sites for hydroxylation is 2. The summed E-state index contributed by atoms with van der Waals surface area (Å²) in [5, 5.41) is 3.85. The number of ether oxygens (including phenoxy) is 1. The van der Waals surface area contributed by atoms with Crippen molar-refractivity contribution in [3.8, 4) is 5.75 Å². The van der Waals surface area contributed by atoms with Gasteiger partial charge in [0, 0.05) is 4.47 Å². The van der Waals surface area contributed by atoms with Gasteiger partial charge in [0.25, 0.3) is 5.91 Å². The van der Waals surface area contributed by atoms with E-state index in [9.17, 15) is 4.79 Å². The molecule has 0 aliphatic carbocycles. The summed E-state index contributed by atoms with van der Waals surface area (Å²) in [6, 6.07) is 7.57. The quantitative estimate of drug-likeness (QED) is 0.588. The Balaban J connectivity index is 1.94. The lowest BCUT2D eigenvalue weighted by atomic mass is 10.0. The number of amides is 1. The van der Waals surface area contributed by atoms with Crippen LogP contribution >= 0.6 is 15.9 Å². The summed E-state index contributed by atoms with van der Waals surface area (Å²) in [4.78, 5) is 11.9. The van der Waals surface area contributed by atoms with Crippen molar-refractivity contribution in [2.24, 2.45) is 5.10 Å². The van der Waals surface area contributed by atoms with Gasteiger partial charge in [0.1, 0.15) is 17.3 Å². The molecule has 128 valence electrons. The summed E-state index contributed by atoms with van der Waals surface area (Å²) >= 11 is 3.52. The molecular formula is C18H21BrN2O3. The Hall–Kier alpha value is -2.08. The summed E-state index contributed by atoms with van der Waals surface area (Å²) < 4.78 is 12.0. The smallest absolute Gasteiger partial charge is 0.277 e. The summed E-state index contributed by atoms with van der Waals surface area (Å²) in [6.45, 7) is 7.89. The highest BCUT2D eigenvalue weighted by molar-refractivity contribution is 9.10. The van der Waals surface area contributed by atoms with Crippen molar-refractivity contribution in [3.05, 3.63) is 51.4 Å². The molecule has 1 amide bonds. The molecule has 0 spiro atoms. The maximum atomic E-state index is 11.9. The van der Waals surface area contributed by atoms with Gasteiger partial charge < -0.3 is 9.15 Å². The molecule has 2 rings (SSSR count). The van der Waals surface area contributed by atoms with Crippen molar-refractivity contribution >= 4 is 28.1 Å². The van der Waals surface area contributed by atoms with E-state index in [1.165, 1.54) is 6.21 Å². The van der Waals surface area contributed by atoms with Gasteiger partial charge >= 0.3 is 0 Å². The third kappa shape index (κ3) is 4.96. The number of hydrogen-bond acceptors (Lipinski definition) is 4. The fourth-order valence-electron chi connectivity index (χ4n) is 2.11. The van der Waals surface area contributed by atoms with E-state index in [0.717, 1.165) is 21.4 Å². The van der Waals surface area contributed by atoms with Gasteiger partial charge in [0.15, 0.2) is 6.61 Å². The molecule has 6 heteroatoms. The van der Waals surface area contributed by atoms with Crippen molar-refractivity contribution in [2.45, 2.75) is 33.6 Å². The molecular weight excluding hydrogens is 372 g/mol. The first-order chi connectivity index (χ1) is 11.4. The molecule has 0 atom stereocenters. The lowest BCUT2D eigenvalue weighted by molar-refractivity contribution is -0.123. The lowest BCUT2D eigenvalue weighted by Gasteiger charge is -2.15. The van der Waals surface area contributed by atoms with Crippen LogP contribution in [0.4, 0.5) is 0 Å². The van der Waals surface area contributed by atoms with E-state index in [1.54, 1.807) is 6.07 Å². The van der Waals surface area contributed by atoms with E-state index < -0.39 is 0 Å². The van der Waals surface area contributed by atoms with Crippen LogP contribution in [0.1, 0.15) is 42.4 Å². The first kappa shape index (κ1) is 18.3. The van der Waals surface area contributed by atoms with Gasteiger partial charge in [-0.05, 0) is 55.2 Å². The summed E-state index contributed by atoms with van der Waals surface area (Å²) in [7, 11) is 0. The number of nitrogens with one attached hydrogen (secondary N) is 1. The predicted molar refractivity (Wildman–Crippen MR) is 97.6 cm³/mol. The Morgan fingerprint density at radius 1 is 1.38 bits per heavy atom. The van der Waals surface area contributed by atoms with E-state index >= 15 is 0 Å². The molecule has 0 aliphatic heterocycles. The monoisotopic (exact) mass is 392 g/mol. The minimum atomic E-state index is -0.329. The van der Waals surface area contributed by atoms with Gasteiger partial charge in [-0.15, -0.1) is 0 Å². The molecule has 0 fully saturated rings. The molecule has 1 heterocycles. The van der Waals surface area contributed by atoms with Crippen LogP contribution in [-0.4, -0.2) is 18.7 Å². The standard InChI is InChI=1S/C18H21BrN2O3/c1-11(2)15-8-16(19)12(3)7-17(15)23-10-18(22)21-20-9-14-6-5-13(4)24-14/h5-9,11H,10H2,1-4H3,(H,21,22)/b20-9-. The first-order valence-corrected chi connectivity index (χ1v) is 8.47. The Morgan fingerprint density at radius 2 is 2.12 bits per heavy atom. The van der Waals surface area contributed by atoms with E-state index in [1.807, 2.05) is 32.0 Å². The number of hydrogen-bond donors (Lipinski definition) is 1. The second-order valence-electron chi connectivity index (χ2n) is 5.82. The van der Waals surface area contributed by atoms with Crippen molar-refractivity contribution in [1.82, 2.24) is 5.43 Å². The zero-order valence-corrected chi connectivity index (χ0v) is 15.8. The van der Waals surface area contributed by atoms with Crippen LogP contribution in [-0.2, 0) is 4.79 Å². The summed E-state index contributed by atoms with van der Waals surface area (Å²) in [5.74, 6) is 2.05. The maximum absolute atomic E-state index is 11.9. The lowest BCUT2D eigenvalue weighted by Crippen LogP contribution is -2.25. The SMILES string of the molecule is Cc1ccc(/C=N\NC(=O)COc2cc(C)c(Br)cc2C(C)C)o1. The number of carbonyl (C=O) groups is 1. The fraction of sp³-hybridized carbons (Fsp3) is 0.333. The number of nitrogens with zero attached hydrogens (tertiary/aromatic N) is 1. The molecule has 24 heavy (non-hydrogen) atoms. The molecule has 0 radical (unpaired) electrons. The topological polar surface area (TPSA) is 63.8 Å². The highest BCUT2D eigenvalue weighted by atomic mass is 79.9.